The summed E-state index contributed by atoms with van der Waals surface area (Å²) in [5.74, 6) is 0. The van der Waals surface area contributed by atoms with Gasteiger partial charge in [-0.05, 0) is 16.7 Å². The second-order valence-corrected chi connectivity index (χ2v) is 8.05. The summed E-state index contributed by atoms with van der Waals surface area (Å²) in [5, 5.41) is 4.54. The second kappa shape index (κ2) is 8.49. The van der Waals surface area contributed by atoms with Crippen LogP contribution in [0.4, 0.5) is 5.69 Å². The SMILES string of the molecule is CN(C)OS(=O)(=O)N=Nc1ccccc1.O=S(=O)(Cl)Cl. The fourth-order valence-corrected chi connectivity index (χ4v) is 1.40. The highest BCUT2D eigenvalue weighted by molar-refractivity contribution is 8.31. The quantitative estimate of drug-likeness (QED) is 0.461. The van der Waals surface area contributed by atoms with Crippen LogP contribution in [0.3, 0.4) is 0 Å². The van der Waals surface area contributed by atoms with Crippen molar-refractivity contribution < 1.29 is 21.1 Å². The number of nitrogens with zero attached hydrogens (tertiary/aromatic N) is 3. The van der Waals surface area contributed by atoms with E-state index in [1.807, 2.05) is 0 Å². The Morgan fingerprint density at radius 1 is 1.05 bits per heavy atom. The normalized spacial score (nSPS) is 12.2. The molecule has 0 radical (unpaired) electrons. The number of hydrogen-bond acceptors (Lipinski definition) is 7. The first-order valence-electron chi connectivity index (χ1n) is 4.74. The fraction of sp³-hybridized carbons (Fsp3) is 0.250. The van der Waals surface area contributed by atoms with Crippen molar-refractivity contribution in [2.45, 2.75) is 0 Å². The summed E-state index contributed by atoms with van der Waals surface area (Å²) in [6, 6.07) is 8.52. The average molecular weight is 364 g/mol. The third-order valence-electron chi connectivity index (χ3n) is 1.26. The molecule has 0 saturated carbocycles. The molecule has 0 aromatic heterocycles. The van der Waals surface area contributed by atoms with Gasteiger partial charge in [-0.1, -0.05) is 18.2 Å². The lowest BCUT2D eigenvalue weighted by Gasteiger charge is -2.04. The molecule has 1 rings (SSSR count). The third-order valence-corrected chi connectivity index (χ3v) is 2.02. The topological polar surface area (TPSA) is 105 Å². The Morgan fingerprint density at radius 2 is 1.50 bits per heavy atom. The van der Waals surface area contributed by atoms with E-state index in [0.717, 1.165) is 5.06 Å². The number of halogens is 2. The van der Waals surface area contributed by atoms with Crippen LogP contribution >= 0.6 is 21.4 Å². The maximum atomic E-state index is 11.1. The summed E-state index contributed by atoms with van der Waals surface area (Å²) in [6.45, 7) is 0. The van der Waals surface area contributed by atoms with Gasteiger partial charge in [-0.15, -0.1) is 5.11 Å². The first kappa shape index (κ1) is 19.2. The van der Waals surface area contributed by atoms with E-state index in [1.165, 1.54) is 14.1 Å². The van der Waals surface area contributed by atoms with Crippen LogP contribution in [0, 0.1) is 0 Å². The number of hydrogen-bond donors (Lipinski definition) is 0. The highest BCUT2D eigenvalue weighted by atomic mass is 36.0. The predicted octanol–water partition coefficient (Wildman–Crippen LogP) is 2.22. The van der Waals surface area contributed by atoms with Gasteiger partial charge < -0.3 is 0 Å². The molecule has 0 saturated heterocycles. The molecule has 8 nitrogen and oxygen atoms in total. The first-order chi connectivity index (χ1) is 8.99. The van der Waals surface area contributed by atoms with Crippen LogP contribution in [0.1, 0.15) is 0 Å². The van der Waals surface area contributed by atoms with Gasteiger partial charge in [-0.3, -0.25) is 0 Å². The Bertz CT molecular complexity index is 623. The molecular weight excluding hydrogens is 353 g/mol. The van der Waals surface area contributed by atoms with Crippen molar-refractivity contribution in [1.82, 2.24) is 5.06 Å². The minimum Gasteiger partial charge on any atom is -0.195 e. The van der Waals surface area contributed by atoms with E-state index in [1.54, 1.807) is 30.3 Å². The smallest absolute Gasteiger partial charge is 0.195 e. The summed E-state index contributed by atoms with van der Waals surface area (Å²) < 4.78 is 48.0. The Kier molecular flexibility index (Phi) is 8.16. The number of rotatable bonds is 4. The summed E-state index contributed by atoms with van der Waals surface area (Å²) in [4.78, 5) is 0. The third kappa shape index (κ3) is 13.6. The van der Waals surface area contributed by atoms with E-state index in [-0.39, 0.29) is 0 Å². The van der Waals surface area contributed by atoms with Crippen molar-refractivity contribution in [3.05, 3.63) is 30.3 Å². The van der Waals surface area contributed by atoms with Gasteiger partial charge in [0.1, 0.15) is 0 Å². The van der Waals surface area contributed by atoms with Crippen LogP contribution in [0.15, 0.2) is 40.0 Å². The van der Waals surface area contributed by atoms with Crippen molar-refractivity contribution >= 4 is 45.6 Å². The van der Waals surface area contributed by atoms with E-state index >= 15 is 0 Å². The second-order valence-electron chi connectivity index (χ2n) is 3.21. The maximum absolute atomic E-state index is 11.1. The summed E-state index contributed by atoms with van der Waals surface area (Å²) in [6.07, 6.45) is 0. The Morgan fingerprint density at radius 3 is 1.90 bits per heavy atom. The zero-order valence-corrected chi connectivity index (χ0v) is 13.5. The molecule has 114 valence electrons. The van der Waals surface area contributed by atoms with Gasteiger partial charge in [0.15, 0.2) is 0 Å². The lowest BCUT2D eigenvalue weighted by molar-refractivity contribution is 0.00500. The maximum Gasteiger partial charge on any atom is 0.414 e. The van der Waals surface area contributed by atoms with Crippen LogP contribution in [0.25, 0.3) is 0 Å². The van der Waals surface area contributed by atoms with Gasteiger partial charge in [-0.2, -0.15) is 26.2 Å². The largest absolute Gasteiger partial charge is 0.414 e. The Balaban J connectivity index is 0.000000621. The predicted molar refractivity (Wildman–Crippen MR) is 75.3 cm³/mol. The molecule has 0 aliphatic rings. The lowest BCUT2D eigenvalue weighted by atomic mass is 10.3. The zero-order valence-electron chi connectivity index (χ0n) is 10.3. The van der Waals surface area contributed by atoms with Gasteiger partial charge in [0, 0.05) is 35.5 Å². The molecule has 0 bridgehead atoms. The Hall–Kier alpha value is -0.780. The molecule has 1 aromatic rings. The molecule has 0 atom stereocenters. The summed E-state index contributed by atoms with van der Waals surface area (Å²) in [7, 11) is 3.70. The molecule has 0 aliphatic heterocycles. The average Bonchev–Trinajstić information content (AvgIpc) is 2.24. The van der Waals surface area contributed by atoms with Crippen molar-refractivity contribution in [3.63, 3.8) is 0 Å². The molecule has 1 aromatic carbocycles. The molecule has 0 unspecified atom stereocenters. The number of benzene rings is 1. The molecule has 0 fully saturated rings. The van der Waals surface area contributed by atoms with E-state index in [4.69, 9.17) is 8.42 Å². The zero-order chi connectivity index (χ0) is 15.8. The molecule has 0 aliphatic carbocycles. The standard InChI is InChI=1S/C8H11N3O3S.Cl2O2S/c1-11(2)14-15(12,13)10-9-8-6-4-3-5-7-8;1-5(2,3)4/h3-7H,1-2H3;. The molecular formula is C8H11Cl2N3O5S2. The van der Waals surface area contributed by atoms with Crippen molar-refractivity contribution in [3.8, 4) is 0 Å². The molecule has 0 heterocycles. The molecule has 0 amide bonds. The minimum absolute atomic E-state index is 0.448. The van der Waals surface area contributed by atoms with E-state index in [9.17, 15) is 8.42 Å². The van der Waals surface area contributed by atoms with Crippen LogP contribution in [0.2, 0.25) is 0 Å². The van der Waals surface area contributed by atoms with Crippen LogP contribution < -0.4 is 0 Å². The minimum atomic E-state index is -3.99. The van der Waals surface area contributed by atoms with E-state index < -0.39 is 18.6 Å². The lowest BCUT2D eigenvalue weighted by Crippen LogP contribution is -2.16. The molecule has 12 heteroatoms. The summed E-state index contributed by atoms with van der Waals surface area (Å²) in [5.41, 5.74) is 0.448. The Labute approximate surface area is 126 Å². The van der Waals surface area contributed by atoms with Crippen LogP contribution in [-0.4, -0.2) is 36.0 Å². The highest BCUT2D eigenvalue weighted by Gasteiger charge is 2.10. The number of hydroxylamine groups is 2. The van der Waals surface area contributed by atoms with Crippen LogP contribution in [0.5, 0.6) is 0 Å². The van der Waals surface area contributed by atoms with Crippen molar-refractivity contribution in [1.29, 1.82) is 0 Å². The molecule has 20 heavy (non-hydrogen) atoms. The molecule has 0 spiro atoms. The van der Waals surface area contributed by atoms with Gasteiger partial charge in [-0.25, -0.2) is 0 Å². The van der Waals surface area contributed by atoms with Gasteiger partial charge in [0.25, 0.3) is 0 Å². The van der Waals surface area contributed by atoms with Crippen molar-refractivity contribution in [2.24, 2.45) is 9.63 Å². The summed E-state index contributed by atoms with van der Waals surface area (Å²) >= 11 is 0. The van der Waals surface area contributed by atoms with Gasteiger partial charge in [0.05, 0.1) is 5.69 Å². The van der Waals surface area contributed by atoms with Crippen LogP contribution in [-0.2, 0) is 22.9 Å². The van der Waals surface area contributed by atoms with Crippen molar-refractivity contribution in [2.75, 3.05) is 14.1 Å². The molecule has 0 N–H and O–H groups in total. The fourth-order valence-electron chi connectivity index (χ4n) is 0.795. The van der Waals surface area contributed by atoms with E-state index in [2.05, 4.69) is 35.3 Å². The van der Waals surface area contributed by atoms with Gasteiger partial charge >= 0.3 is 18.6 Å². The first-order valence-corrected chi connectivity index (χ1v) is 9.24. The van der Waals surface area contributed by atoms with E-state index in [0.29, 0.717) is 5.69 Å². The highest BCUT2D eigenvalue weighted by Crippen LogP contribution is 2.12. The van der Waals surface area contributed by atoms with Gasteiger partial charge in [0.2, 0.25) is 0 Å². The monoisotopic (exact) mass is 363 g/mol.